The highest BCUT2D eigenvalue weighted by Crippen LogP contribution is 2.31. The lowest BCUT2D eigenvalue weighted by atomic mass is 9.98. The number of unbranched alkanes of at least 4 members (excludes halogenated alkanes) is 1. The van der Waals surface area contributed by atoms with Crippen molar-refractivity contribution in [1.29, 1.82) is 0 Å². The topological polar surface area (TPSA) is 92.9 Å². The van der Waals surface area contributed by atoms with Crippen molar-refractivity contribution in [2.75, 3.05) is 17.6 Å². The van der Waals surface area contributed by atoms with E-state index >= 15 is 0 Å². The quantitative estimate of drug-likeness (QED) is 0.745. The third-order valence-electron chi connectivity index (χ3n) is 4.56. The van der Waals surface area contributed by atoms with Gasteiger partial charge in [0.25, 0.3) is 5.56 Å². The number of nitrogen functional groups attached to an aromatic ring is 1. The average Bonchev–Trinajstić information content (AvgIpc) is 2.84. The van der Waals surface area contributed by atoms with Gasteiger partial charge in [0.05, 0.1) is 0 Å². The van der Waals surface area contributed by atoms with E-state index in [-0.39, 0.29) is 5.82 Å². The van der Waals surface area contributed by atoms with Crippen molar-refractivity contribution in [3.8, 4) is 0 Å². The minimum atomic E-state index is -0.425. The summed E-state index contributed by atoms with van der Waals surface area (Å²) < 4.78 is 1.45. The van der Waals surface area contributed by atoms with Gasteiger partial charge in [-0.1, -0.05) is 33.1 Å². The number of H-pyrrole nitrogens is 1. The zero-order chi connectivity index (χ0) is 15.4. The van der Waals surface area contributed by atoms with Crippen molar-refractivity contribution in [2.24, 2.45) is 11.8 Å². The number of hydrogen-bond acceptors (Lipinski definition) is 4. The molecule has 118 valence electrons. The summed E-state index contributed by atoms with van der Waals surface area (Å²) in [7, 11) is 0. The van der Waals surface area contributed by atoms with E-state index in [1.807, 2.05) is 6.92 Å². The molecule has 6 nitrogen and oxygen atoms in total. The minimum absolute atomic E-state index is 0.253. The zero-order valence-electron chi connectivity index (χ0n) is 12.9. The molecule has 0 spiro atoms. The van der Waals surface area contributed by atoms with E-state index in [0.717, 1.165) is 19.4 Å². The second kappa shape index (κ2) is 6.83. The minimum Gasteiger partial charge on any atom is -0.383 e. The van der Waals surface area contributed by atoms with Crippen LogP contribution in [0.15, 0.2) is 9.59 Å². The third-order valence-corrected chi connectivity index (χ3v) is 4.56. The van der Waals surface area contributed by atoms with Gasteiger partial charge in [-0.25, -0.2) is 4.79 Å². The molecule has 0 aliphatic heterocycles. The molecule has 1 aliphatic rings. The van der Waals surface area contributed by atoms with Gasteiger partial charge in [0.1, 0.15) is 11.5 Å². The normalized spacial score (nSPS) is 21.6. The van der Waals surface area contributed by atoms with Crippen LogP contribution >= 0.6 is 0 Å². The first-order valence-electron chi connectivity index (χ1n) is 7.91. The zero-order valence-corrected chi connectivity index (χ0v) is 12.9. The number of nitrogens with one attached hydrogen (secondary N) is 2. The van der Waals surface area contributed by atoms with Crippen LogP contribution in [0.1, 0.15) is 46.0 Å². The molecule has 1 fully saturated rings. The molecular weight excluding hydrogens is 268 g/mol. The maximum absolute atomic E-state index is 12.0. The number of aromatic nitrogens is 2. The highest BCUT2D eigenvalue weighted by atomic mass is 16.2. The van der Waals surface area contributed by atoms with Crippen molar-refractivity contribution >= 4 is 11.5 Å². The maximum Gasteiger partial charge on any atom is 0.330 e. The molecule has 0 aromatic carbocycles. The summed E-state index contributed by atoms with van der Waals surface area (Å²) in [5, 5.41) is 3.17. The van der Waals surface area contributed by atoms with Crippen LogP contribution in [0, 0.1) is 11.8 Å². The molecule has 1 aliphatic carbocycles. The van der Waals surface area contributed by atoms with Crippen LogP contribution in [-0.4, -0.2) is 16.1 Å². The lowest BCUT2D eigenvalue weighted by Crippen LogP contribution is -2.35. The summed E-state index contributed by atoms with van der Waals surface area (Å²) in [6.07, 6.45) is 5.49. The Balaban J connectivity index is 2.18. The van der Waals surface area contributed by atoms with Gasteiger partial charge in [-0.2, -0.15) is 0 Å². The predicted octanol–water partition coefficient (Wildman–Crippen LogP) is 1.77. The summed E-state index contributed by atoms with van der Waals surface area (Å²) in [6, 6.07) is 0. The summed E-state index contributed by atoms with van der Waals surface area (Å²) >= 11 is 0. The van der Waals surface area contributed by atoms with Crippen LogP contribution in [-0.2, 0) is 6.54 Å². The molecular formula is C15H26N4O2. The summed E-state index contributed by atoms with van der Waals surface area (Å²) in [4.78, 5) is 26.1. The Hall–Kier alpha value is -1.72. The van der Waals surface area contributed by atoms with Crippen LogP contribution in [0.4, 0.5) is 11.5 Å². The number of anilines is 2. The molecule has 0 saturated heterocycles. The largest absolute Gasteiger partial charge is 0.383 e. The molecule has 0 amide bonds. The van der Waals surface area contributed by atoms with E-state index < -0.39 is 11.2 Å². The SMILES string of the molecule is CCCCn1c(N)c(NCC2CCCC2C)c(=O)[nH]c1=O. The lowest BCUT2D eigenvalue weighted by molar-refractivity contribution is 0.439. The standard InChI is InChI=1S/C15H26N4O2/c1-3-4-8-19-13(16)12(14(20)18-15(19)21)17-9-11-7-5-6-10(11)2/h10-11,17H,3-9,16H2,1-2H3,(H,18,20,21). The highest BCUT2D eigenvalue weighted by molar-refractivity contribution is 5.60. The molecule has 2 atom stereocenters. The molecule has 6 heteroatoms. The van der Waals surface area contributed by atoms with Crippen molar-refractivity contribution in [1.82, 2.24) is 9.55 Å². The first kappa shape index (κ1) is 15.7. The van der Waals surface area contributed by atoms with Gasteiger partial charge in [-0.3, -0.25) is 14.3 Å². The fourth-order valence-electron chi connectivity index (χ4n) is 3.06. The Labute approximate surface area is 124 Å². The highest BCUT2D eigenvalue weighted by Gasteiger charge is 2.23. The molecule has 0 bridgehead atoms. The number of nitrogens with zero attached hydrogens (tertiary/aromatic N) is 1. The molecule has 0 radical (unpaired) electrons. The number of aromatic amines is 1. The molecule has 4 N–H and O–H groups in total. The molecule has 2 unspecified atom stereocenters. The van der Waals surface area contributed by atoms with Crippen LogP contribution < -0.4 is 22.3 Å². The van der Waals surface area contributed by atoms with Gasteiger partial charge in [-0.15, -0.1) is 0 Å². The van der Waals surface area contributed by atoms with Crippen LogP contribution in [0.3, 0.4) is 0 Å². The Kier molecular flexibility index (Phi) is 5.09. The Morgan fingerprint density at radius 2 is 2.14 bits per heavy atom. The fraction of sp³-hybridized carbons (Fsp3) is 0.733. The summed E-state index contributed by atoms with van der Waals surface area (Å²) in [5.41, 5.74) is 5.52. The average molecular weight is 294 g/mol. The van der Waals surface area contributed by atoms with Gasteiger partial charge >= 0.3 is 5.69 Å². The van der Waals surface area contributed by atoms with Gasteiger partial charge in [-0.05, 0) is 24.7 Å². The smallest absolute Gasteiger partial charge is 0.330 e. The van der Waals surface area contributed by atoms with E-state index in [4.69, 9.17) is 5.73 Å². The molecule has 21 heavy (non-hydrogen) atoms. The van der Waals surface area contributed by atoms with Gasteiger partial charge in [0.15, 0.2) is 0 Å². The molecule has 1 heterocycles. The van der Waals surface area contributed by atoms with E-state index in [1.165, 1.54) is 23.8 Å². The van der Waals surface area contributed by atoms with Crippen LogP contribution in [0.2, 0.25) is 0 Å². The second-order valence-corrected chi connectivity index (χ2v) is 6.07. The molecule has 1 aromatic heterocycles. The van der Waals surface area contributed by atoms with Gasteiger partial charge in [0, 0.05) is 13.1 Å². The first-order valence-corrected chi connectivity index (χ1v) is 7.91. The van der Waals surface area contributed by atoms with Gasteiger partial charge in [0.2, 0.25) is 0 Å². The third kappa shape index (κ3) is 3.49. The lowest BCUT2D eigenvalue weighted by Gasteiger charge is -2.18. The van der Waals surface area contributed by atoms with Crippen LogP contribution in [0.25, 0.3) is 0 Å². The summed E-state index contributed by atoms with van der Waals surface area (Å²) in [5.74, 6) is 1.49. The maximum atomic E-state index is 12.0. The van der Waals surface area contributed by atoms with E-state index in [9.17, 15) is 9.59 Å². The van der Waals surface area contributed by atoms with E-state index in [0.29, 0.717) is 24.1 Å². The van der Waals surface area contributed by atoms with Crippen molar-refractivity contribution in [3.05, 3.63) is 20.8 Å². The van der Waals surface area contributed by atoms with Gasteiger partial charge < -0.3 is 11.1 Å². The Morgan fingerprint density at radius 1 is 1.38 bits per heavy atom. The summed E-state index contributed by atoms with van der Waals surface area (Å²) in [6.45, 7) is 5.57. The molecule has 1 aromatic rings. The predicted molar refractivity (Wildman–Crippen MR) is 85.6 cm³/mol. The Morgan fingerprint density at radius 3 is 2.76 bits per heavy atom. The first-order chi connectivity index (χ1) is 10.0. The van der Waals surface area contributed by atoms with Crippen molar-refractivity contribution in [2.45, 2.75) is 52.5 Å². The van der Waals surface area contributed by atoms with E-state index in [2.05, 4.69) is 17.2 Å². The van der Waals surface area contributed by atoms with Crippen molar-refractivity contribution < 1.29 is 0 Å². The van der Waals surface area contributed by atoms with Crippen LogP contribution in [0.5, 0.6) is 0 Å². The molecule has 1 saturated carbocycles. The monoisotopic (exact) mass is 294 g/mol. The fourth-order valence-corrected chi connectivity index (χ4v) is 3.06. The van der Waals surface area contributed by atoms with E-state index in [1.54, 1.807) is 0 Å². The number of rotatable bonds is 6. The Bertz CT molecular complexity index is 590. The number of hydrogen-bond donors (Lipinski definition) is 3. The number of nitrogens with two attached hydrogens (primary N) is 1. The molecule has 2 rings (SSSR count). The second-order valence-electron chi connectivity index (χ2n) is 6.07. The van der Waals surface area contributed by atoms with Crippen molar-refractivity contribution in [3.63, 3.8) is 0 Å².